The van der Waals surface area contributed by atoms with Gasteiger partial charge in [-0.1, -0.05) is 19.8 Å². The van der Waals surface area contributed by atoms with Gasteiger partial charge in [-0.15, -0.1) is 0 Å². The number of hydrogen-bond donors (Lipinski definition) is 1. The number of methoxy groups -OCH3 is 1. The molecule has 4 nitrogen and oxygen atoms in total. The van der Waals surface area contributed by atoms with E-state index in [9.17, 15) is 0 Å². The Bertz CT molecular complexity index is 452. The Hall–Kier alpha value is -1.13. The van der Waals surface area contributed by atoms with Crippen LogP contribution in [0.3, 0.4) is 0 Å². The highest BCUT2D eigenvalue weighted by Crippen LogP contribution is 2.43. The van der Waals surface area contributed by atoms with Crippen molar-refractivity contribution in [3.63, 3.8) is 0 Å². The predicted molar refractivity (Wildman–Crippen MR) is 84.6 cm³/mol. The summed E-state index contributed by atoms with van der Waals surface area (Å²) in [4.78, 5) is 4.33. The van der Waals surface area contributed by atoms with E-state index >= 15 is 0 Å². The van der Waals surface area contributed by atoms with Gasteiger partial charge in [-0.3, -0.25) is 4.98 Å². The minimum Gasteiger partial charge on any atom is -0.492 e. The van der Waals surface area contributed by atoms with Gasteiger partial charge in [0.05, 0.1) is 24.4 Å². The molecule has 3 atom stereocenters. The molecule has 1 aromatic rings. The highest BCUT2D eigenvalue weighted by molar-refractivity contribution is 5.28. The van der Waals surface area contributed by atoms with Gasteiger partial charge >= 0.3 is 0 Å². The van der Waals surface area contributed by atoms with Gasteiger partial charge in [0.15, 0.2) is 0 Å². The number of nitrogens with one attached hydrogen (secondary N) is 1. The molecule has 1 fully saturated rings. The zero-order valence-corrected chi connectivity index (χ0v) is 13.7. The lowest BCUT2D eigenvalue weighted by Crippen LogP contribution is -2.47. The molecule has 2 rings (SSSR count). The zero-order chi connectivity index (χ0) is 15.3. The van der Waals surface area contributed by atoms with E-state index in [2.05, 4.69) is 23.3 Å². The lowest BCUT2D eigenvalue weighted by Gasteiger charge is -2.44. The van der Waals surface area contributed by atoms with Crippen LogP contribution in [0.1, 0.15) is 51.1 Å². The van der Waals surface area contributed by atoms with Crippen LogP contribution in [0.2, 0.25) is 0 Å². The standard InChI is InChI=1S/C17H28N2O2/c1-5-21-15-9-14(11-19-12-15)16(18-3)17(20-4)8-6-7-13(2)10-17/h9,11-13,16,18H,5-8,10H2,1-4H3. The van der Waals surface area contributed by atoms with Crippen LogP contribution in [0, 0.1) is 5.92 Å². The third kappa shape index (κ3) is 3.55. The Morgan fingerprint density at radius 3 is 2.90 bits per heavy atom. The van der Waals surface area contributed by atoms with Gasteiger partial charge in [-0.25, -0.2) is 0 Å². The first-order chi connectivity index (χ1) is 10.1. The molecule has 0 bridgehead atoms. The molecular weight excluding hydrogens is 264 g/mol. The number of aromatic nitrogens is 1. The number of likely N-dealkylation sites (N-methyl/N-ethyl adjacent to an activating group) is 1. The van der Waals surface area contributed by atoms with Gasteiger partial charge in [0.1, 0.15) is 5.75 Å². The molecule has 0 amide bonds. The summed E-state index contributed by atoms with van der Waals surface area (Å²) in [6.07, 6.45) is 8.35. The van der Waals surface area contributed by atoms with E-state index in [1.807, 2.05) is 27.3 Å². The van der Waals surface area contributed by atoms with Crippen LogP contribution >= 0.6 is 0 Å². The van der Waals surface area contributed by atoms with E-state index < -0.39 is 0 Å². The average molecular weight is 292 g/mol. The first-order valence-corrected chi connectivity index (χ1v) is 7.95. The summed E-state index contributed by atoms with van der Waals surface area (Å²) in [7, 11) is 3.83. The van der Waals surface area contributed by atoms with Crippen LogP contribution in [0.25, 0.3) is 0 Å². The second-order valence-corrected chi connectivity index (χ2v) is 6.08. The summed E-state index contributed by atoms with van der Waals surface area (Å²) in [5.41, 5.74) is 0.984. The largest absolute Gasteiger partial charge is 0.492 e. The second-order valence-electron chi connectivity index (χ2n) is 6.08. The molecule has 3 unspecified atom stereocenters. The summed E-state index contributed by atoms with van der Waals surface area (Å²) < 4.78 is 11.6. The maximum absolute atomic E-state index is 6.03. The normalized spacial score (nSPS) is 27.3. The van der Waals surface area contributed by atoms with Crippen molar-refractivity contribution in [1.82, 2.24) is 10.3 Å². The average Bonchev–Trinajstić information content (AvgIpc) is 2.49. The van der Waals surface area contributed by atoms with Crippen LogP contribution in [-0.4, -0.2) is 31.3 Å². The van der Waals surface area contributed by atoms with Crippen molar-refractivity contribution in [3.8, 4) is 5.75 Å². The molecule has 118 valence electrons. The highest BCUT2D eigenvalue weighted by atomic mass is 16.5. The highest BCUT2D eigenvalue weighted by Gasteiger charge is 2.42. The lowest BCUT2D eigenvalue weighted by molar-refractivity contribution is -0.0791. The summed E-state index contributed by atoms with van der Waals surface area (Å²) in [5.74, 6) is 1.52. The molecule has 1 aliphatic carbocycles. The van der Waals surface area contributed by atoms with E-state index in [0.717, 1.165) is 24.2 Å². The van der Waals surface area contributed by atoms with Crippen molar-refractivity contribution in [2.24, 2.45) is 5.92 Å². The van der Waals surface area contributed by atoms with Crippen LogP contribution in [0.4, 0.5) is 0 Å². The summed E-state index contributed by atoms with van der Waals surface area (Å²) in [6, 6.07) is 2.22. The van der Waals surface area contributed by atoms with Crippen LogP contribution in [-0.2, 0) is 4.74 Å². The van der Waals surface area contributed by atoms with Crippen molar-refractivity contribution in [2.75, 3.05) is 20.8 Å². The van der Waals surface area contributed by atoms with Gasteiger partial charge in [-0.2, -0.15) is 0 Å². The molecule has 1 aliphatic rings. The summed E-state index contributed by atoms with van der Waals surface area (Å²) >= 11 is 0. The van der Waals surface area contributed by atoms with Crippen molar-refractivity contribution in [1.29, 1.82) is 0 Å². The number of rotatable bonds is 6. The van der Waals surface area contributed by atoms with Gasteiger partial charge in [0.25, 0.3) is 0 Å². The van der Waals surface area contributed by atoms with E-state index in [0.29, 0.717) is 12.5 Å². The molecule has 0 aromatic carbocycles. The SMILES string of the molecule is CCOc1cncc(C(NC)C2(OC)CCCC(C)C2)c1. The predicted octanol–water partition coefficient (Wildman–Crippen LogP) is 3.34. The molecule has 1 saturated carbocycles. The van der Waals surface area contributed by atoms with Crippen LogP contribution < -0.4 is 10.1 Å². The molecule has 1 aromatic heterocycles. The zero-order valence-electron chi connectivity index (χ0n) is 13.7. The third-order valence-electron chi connectivity index (χ3n) is 4.59. The molecule has 21 heavy (non-hydrogen) atoms. The number of ether oxygens (including phenoxy) is 2. The molecule has 1 heterocycles. The van der Waals surface area contributed by atoms with Crippen molar-refractivity contribution < 1.29 is 9.47 Å². The molecular formula is C17H28N2O2. The van der Waals surface area contributed by atoms with Crippen LogP contribution in [0.15, 0.2) is 18.5 Å². The lowest BCUT2D eigenvalue weighted by atomic mass is 9.73. The van der Waals surface area contributed by atoms with Crippen molar-refractivity contribution >= 4 is 0 Å². The quantitative estimate of drug-likeness (QED) is 0.873. The summed E-state index contributed by atoms with van der Waals surface area (Å²) in [6.45, 7) is 4.96. The fourth-order valence-corrected chi connectivity index (χ4v) is 3.68. The fourth-order valence-electron chi connectivity index (χ4n) is 3.68. The Balaban J connectivity index is 2.30. The molecule has 0 radical (unpaired) electrons. The van der Waals surface area contributed by atoms with Gasteiger partial charge in [-0.05, 0) is 44.4 Å². The molecule has 4 heteroatoms. The Labute approximate surface area is 128 Å². The Morgan fingerprint density at radius 2 is 2.29 bits per heavy atom. The fraction of sp³-hybridized carbons (Fsp3) is 0.706. The van der Waals surface area contributed by atoms with Crippen molar-refractivity contribution in [2.45, 2.75) is 51.2 Å². The monoisotopic (exact) mass is 292 g/mol. The minimum absolute atomic E-state index is 0.137. The molecule has 0 aliphatic heterocycles. The number of nitrogens with zero attached hydrogens (tertiary/aromatic N) is 1. The van der Waals surface area contributed by atoms with E-state index in [1.165, 1.54) is 12.8 Å². The Kier molecular flexibility index (Phi) is 5.59. The van der Waals surface area contributed by atoms with Gasteiger partial charge in [0, 0.05) is 13.3 Å². The topological polar surface area (TPSA) is 43.4 Å². The van der Waals surface area contributed by atoms with E-state index in [-0.39, 0.29) is 11.6 Å². The van der Waals surface area contributed by atoms with Crippen LogP contribution in [0.5, 0.6) is 5.75 Å². The number of pyridine rings is 1. The molecule has 0 spiro atoms. The van der Waals surface area contributed by atoms with Crippen molar-refractivity contribution in [3.05, 3.63) is 24.0 Å². The maximum atomic E-state index is 6.03. The number of hydrogen-bond acceptors (Lipinski definition) is 4. The van der Waals surface area contributed by atoms with Gasteiger partial charge < -0.3 is 14.8 Å². The first-order valence-electron chi connectivity index (χ1n) is 7.95. The third-order valence-corrected chi connectivity index (χ3v) is 4.59. The Morgan fingerprint density at radius 1 is 1.48 bits per heavy atom. The smallest absolute Gasteiger partial charge is 0.137 e. The second kappa shape index (κ2) is 7.23. The van der Waals surface area contributed by atoms with E-state index in [1.54, 1.807) is 6.20 Å². The molecule has 1 N–H and O–H groups in total. The van der Waals surface area contributed by atoms with E-state index in [4.69, 9.17) is 9.47 Å². The van der Waals surface area contributed by atoms with Gasteiger partial charge in [0.2, 0.25) is 0 Å². The first kappa shape index (κ1) is 16.2. The summed E-state index contributed by atoms with van der Waals surface area (Å²) in [5, 5.41) is 3.45. The minimum atomic E-state index is -0.154. The maximum Gasteiger partial charge on any atom is 0.137 e. The molecule has 0 saturated heterocycles.